The van der Waals surface area contributed by atoms with E-state index in [1.54, 1.807) is 37.4 Å². The van der Waals surface area contributed by atoms with Crippen molar-refractivity contribution in [3.8, 4) is 0 Å². The van der Waals surface area contributed by atoms with Gasteiger partial charge in [0.1, 0.15) is 0 Å². The lowest BCUT2D eigenvalue weighted by molar-refractivity contribution is 0.0527. The molecular formula is C14H18N2O3. The monoisotopic (exact) mass is 262 g/mol. The lowest BCUT2D eigenvalue weighted by atomic mass is 10.2. The fourth-order valence-corrected chi connectivity index (χ4v) is 1.39. The first kappa shape index (κ1) is 14.8. The van der Waals surface area contributed by atoms with Crippen molar-refractivity contribution in [1.29, 1.82) is 0 Å². The third-order valence-electron chi connectivity index (χ3n) is 2.24. The molecule has 1 rings (SSSR count). The summed E-state index contributed by atoms with van der Waals surface area (Å²) in [5.74, 6) is -0.456. The number of nitrogens with one attached hydrogen (secondary N) is 2. The maximum atomic E-state index is 11.7. The second kappa shape index (κ2) is 7.92. The number of carbonyl (C=O) groups excluding carboxylic acids is 2. The minimum absolute atomic E-state index is 0.290. The molecule has 102 valence electrons. The van der Waals surface area contributed by atoms with E-state index in [0.29, 0.717) is 17.9 Å². The van der Waals surface area contributed by atoms with E-state index < -0.39 is 12.0 Å². The summed E-state index contributed by atoms with van der Waals surface area (Å²) in [6.45, 7) is 3.99. The van der Waals surface area contributed by atoms with Crippen LogP contribution in [0.2, 0.25) is 0 Å². The molecule has 0 aliphatic rings. The van der Waals surface area contributed by atoms with E-state index in [1.807, 2.05) is 13.0 Å². The summed E-state index contributed by atoms with van der Waals surface area (Å²) in [6, 6.07) is 6.30. The van der Waals surface area contributed by atoms with Crippen LogP contribution in [-0.2, 0) is 4.74 Å². The van der Waals surface area contributed by atoms with Gasteiger partial charge >= 0.3 is 12.0 Å². The summed E-state index contributed by atoms with van der Waals surface area (Å²) in [7, 11) is 0. The highest BCUT2D eigenvalue weighted by Crippen LogP contribution is 2.15. The Kier molecular flexibility index (Phi) is 6.15. The van der Waals surface area contributed by atoms with Crippen molar-refractivity contribution in [3.63, 3.8) is 0 Å². The topological polar surface area (TPSA) is 67.4 Å². The highest BCUT2D eigenvalue weighted by molar-refractivity contribution is 6.00. The van der Waals surface area contributed by atoms with Crippen molar-refractivity contribution in [1.82, 2.24) is 5.32 Å². The van der Waals surface area contributed by atoms with Gasteiger partial charge in [0.15, 0.2) is 0 Å². The minimum atomic E-state index is -0.456. The van der Waals surface area contributed by atoms with E-state index in [9.17, 15) is 9.59 Å². The van der Waals surface area contributed by atoms with E-state index >= 15 is 0 Å². The number of rotatable bonds is 5. The van der Waals surface area contributed by atoms with E-state index in [2.05, 4.69) is 10.6 Å². The smallest absolute Gasteiger partial charge is 0.340 e. The first-order valence-corrected chi connectivity index (χ1v) is 6.17. The molecule has 0 saturated carbocycles. The highest BCUT2D eigenvalue weighted by atomic mass is 16.5. The van der Waals surface area contributed by atoms with Gasteiger partial charge in [0.25, 0.3) is 0 Å². The zero-order valence-electron chi connectivity index (χ0n) is 11.1. The van der Waals surface area contributed by atoms with Crippen LogP contribution in [0.3, 0.4) is 0 Å². The van der Waals surface area contributed by atoms with Crippen LogP contribution in [0.15, 0.2) is 36.5 Å². The molecule has 0 saturated heterocycles. The lowest BCUT2D eigenvalue weighted by Gasteiger charge is -2.09. The van der Waals surface area contributed by atoms with Crippen molar-refractivity contribution >= 4 is 17.7 Å². The molecule has 0 atom stereocenters. The number of ether oxygens (including phenoxy) is 1. The Morgan fingerprint density at radius 1 is 1.26 bits per heavy atom. The van der Waals surface area contributed by atoms with Gasteiger partial charge in [0, 0.05) is 6.20 Å². The van der Waals surface area contributed by atoms with Gasteiger partial charge in [-0.25, -0.2) is 9.59 Å². The summed E-state index contributed by atoms with van der Waals surface area (Å²) in [5.41, 5.74) is 0.752. The van der Waals surface area contributed by atoms with Gasteiger partial charge in [0.05, 0.1) is 17.9 Å². The second-order valence-electron chi connectivity index (χ2n) is 3.68. The molecule has 1 aromatic rings. The number of amides is 2. The van der Waals surface area contributed by atoms with Gasteiger partial charge in [0.2, 0.25) is 0 Å². The molecule has 0 heterocycles. The van der Waals surface area contributed by atoms with E-state index in [1.165, 1.54) is 0 Å². The van der Waals surface area contributed by atoms with Crippen molar-refractivity contribution in [2.24, 2.45) is 0 Å². The van der Waals surface area contributed by atoms with Crippen LogP contribution in [0.25, 0.3) is 0 Å². The molecule has 0 fully saturated rings. The van der Waals surface area contributed by atoms with Crippen LogP contribution >= 0.6 is 0 Å². The second-order valence-corrected chi connectivity index (χ2v) is 3.68. The molecule has 0 aliphatic carbocycles. The van der Waals surface area contributed by atoms with E-state index in [4.69, 9.17) is 4.74 Å². The first-order valence-electron chi connectivity index (χ1n) is 6.17. The zero-order valence-corrected chi connectivity index (χ0v) is 11.1. The lowest BCUT2D eigenvalue weighted by Crippen LogP contribution is -2.25. The average molecular weight is 262 g/mol. The summed E-state index contributed by atoms with van der Waals surface area (Å²) >= 11 is 0. The molecule has 1 aromatic carbocycles. The van der Waals surface area contributed by atoms with Gasteiger partial charge in [-0.2, -0.15) is 0 Å². The summed E-state index contributed by atoms with van der Waals surface area (Å²) in [4.78, 5) is 23.3. The first-order chi connectivity index (χ1) is 9.19. The van der Waals surface area contributed by atoms with Gasteiger partial charge in [-0.05, 0) is 25.5 Å². The Morgan fingerprint density at radius 2 is 2.00 bits per heavy atom. The van der Waals surface area contributed by atoms with Crippen LogP contribution in [-0.4, -0.2) is 18.6 Å². The number of urea groups is 1. The molecule has 5 heteroatoms. The fraction of sp³-hybridized carbons (Fsp3) is 0.286. The zero-order chi connectivity index (χ0) is 14.1. The van der Waals surface area contributed by atoms with Gasteiger partial charge in [-0.15, -0.1) is 0 Å². The number of carbonyl (C=O) groups is 2. The van der Waals surface area contributed by atoms with Gasteiger partial charge < -0.3 is 15.4 Å². The predicted octanol–water partition coefficient (Wildman–Crippen LogP) is 2.91. The molecule has 0 radical (unpaired) electrons. The Morgan fingerprint density at radius 3 is 2.68 bits per heavy atom. The fourth-order valence-electron chi connectivity index (χ4n) is 1.39. The Hall–Kier alpha value is -2.30. The number of hydrogen-bond acceptors (Lipinski definition) is 3. The van der Waals surface area contributed by atoms with Gasteiger partial charge in [-0.3, -0.25) is 0 Å². The van der Waals surface area contributed by atoms with Crippen LogP contribution in [0.5, 0.6) is 0 Å². The number of allylic oxidation sites excluding steroid dienone is 1. The van der Waals surface area contributed by atoms with Crippen molar-refractivity contribution < 1.29 is 14.3 Å². The van der Waals surface area contributed by atoms with Crippen LogP contribution in [0.4, 0.5) is 10.5 Å². The van der Waals surface area contributed by atoms with E-state index in [0.717, 1.165) is 6.42 Å². The molecule has 0 spiro atoms. The number of benzene rings is 1. The van der Waals surface area contributed by atoms with Gasteiger partial charge in [-0.1, -0.05) is 25.1 Å². The quantitative estimate of drug-likeness (QED) is 0.802. The summed E-state index contributed by atoms with van der Waals surface area (Å²) in [6.07, 6.45) is 4.21. The third kappa shape index (κ3) is 4.83. The molecule has 19 heavy (non-hydrogen) atoms. The van der Waals surface area contributed by atoms with Crippen molar-refractivity contribution in [2.45, 2.75) is 20.3 Å². The third-order valence-corrected chi connectivity index (χ3v) is 2.24. The summed E-state index contributed by atoms with van der Waals surface area (Å²) < 4.78 is 4.92. The molecular weight excluding hydrogens is 244 g/mol. The Bertz CT molecular complexity index is 470. The number of para-hydroxylation sites is 1. The van der Waals surface area contributed by atoms with Crippen molar-refractivity contribution in [3.05, 3.63) is 42.1 Å². The number of esters is 1. The standard InChI is InChI=1S/C14H18N2O3/c1-3-5-10-15-14(18)16-12-9-7-6-8-11(12)13(17)19-4-2/h5-10H,3-4H2,1-2H3,(H2,15,16,18)/b10-5+. The SMILES string of the molecule is CC/C=C/NC(=O)Nc1ccccc1C(=O)OCC. The van der Waals surface area contributed by atoms with Crippen molar-refractivity contribution in [2.75, 3.05) is 11.9 Å². The minimum Gasteiger partial charge on any atom is -0.462 e. The molecule has 5 nitrogen and oxygen atoms in total. The Labute approximate surface area is 112 Å². The van der Waals surface area contributed by atoms with Crippen LogP contribution < -0.4 is 10.6 Å². The van der Waals surface area contributed by atoms with Crippen LogP contribution in [0.1, 0.15) is 30.6 Å². The maximum Gasteiger partial charge on any atom is 0.340 e. The number of anilines is 1. The average Bonchev–Trinajstić information content (AvgIpc) is 2.40. The molecule has 0 bridgehead atoms. The molecule has 0 aliphatic heterocycles. The number of hydrogen-bond donors (Lipinski definition) is 2. The maximum absolute atomic E-state index is 11.7. The molecule has 2 N–H and O–H groups in total. The Balaban J connectivity index is 2.75. The summed E-state index contributed by atoms with van der Waals surface area (Å²) in [5, 5.41) is 5.15. The molecule has 2 amide bonds. The highest BCUT2D eigenvalue weighted by Gasteiger charge is 2.13. The predicted molar refractivity (Wildman–Crippen MR) is 74.0 cm³/mol. The van der Waals surface area contributed by atoms with E-state index in [-0.39, 0.29) is 0 Å². The molecule has 0 aromatic heterocycles. The largest absolute Gasteiger partial charge is 0.462 e. The van der Waals surface area contributed by atoms with Crippen LogP contribution in [0, 0.1) is 0 Å². The molecule has 0 unspecified atom stereocenters. The normalized spacial score (nSPS) is 10.2.